The molecule has 0 bridgehead atoms. The Morgan fingerprint density at radius 3 is 2.42 bits per heavy atom. The van der Waals surface area contributed by atoms with Crippen LogP contribution in [0.25, 0.3) is 0 Å². The minimum absolute atomic E-state index is 0.0625. The lowest BCUT2D eigenvalue weighted by Gasteiger charge is -2.25. The summed E-state index contributed by atoms with van der Waals surface area (Å²) in [6.45, 7) is 6.82. The lowest BCUT2D eigenvalue weighted by molar-refractivity contribution is 0.0565. The van der Waals surface area contributed by atoms with E-state index in [9.17, 15) is 5.11 Å². The molecule has 2 rings (SSSR count). The maximum atomic E-state index is 10.7. The van der Waals surface area contributed by atoms with E-state index in [-0.39, 0.29) is 6.10 Å². The first kappa shape index (κ1) is 18.3. The molecule has 4 heteroatoms. The predicted molar refractivity (Wildman–Crippen MR) is 96.5 cm³/mol. The third kappa shape index (κ3) is 4.73. The number of ether oxygens (including phenoxy) is 2. The number of rotatable bonds is 8. The van der Waals surface area contributed by atoms with E-state index in [1.165, 1.54) is 0 Å². The number of nitrogens with one attached hydrogen (secondary N) is 1. The highest BCUT2D eigenvalue weighted by atomic mass is 16.5. The first-order valence-electron chi connectivity index (χ1n) is 8.25. The topological polar surface area (TPSA) is 50.7 Å². The first-order valence-corrected chi connectivity index (χ1v) is 8.25. The highest BCUT2D eigenvalue weighted by Gasteiger charge is 2.22. The van der Waals surface area contributed by atoms with Crippen molar-refractivity contribution in [3.8, 4) is 11.5 Å². The highest BCUT2D eigenvalue weighted by molar-refractivity contribution is 5.46. The number of aliphatic hydroxyl groups is 1. The Morgan fingerprint density at radius 2 is 1.79 bits per heavy atom. The van der Waals surface area contributed by atoms with Gasteiger partial charge >= 0.3 is 0 Å². The number of benzene rings is 2. The van der Waals surface area contributed by atoms with Crippen LogP contribution in [0.4, 0.5) is 0 Å². The summed E-state index contributed by atoms with van der Waals surface area (Å²) in [6, 6.07) is 15.5. The molecule has 4 nitrogen and oxygen atoms in total. The molecule has 2 aromatic rings. The fraction of sp³-hybridized carbons (Fsp3) is 0.400. The van der Waals surface area contributed by atoms with Crippen LogP contribution in [0.3, 0.4) is 0 Å². The van der Waals surface area contributed by atoms with E-state index < -0.39 is 5.60 Å². The molecule has 0 aliphatic rings. The molecule has 0 aromatic heterocycles. The van der Waals surface area contributed by atoms with Gasteiger partial charge in [-0.15, -0.1) is 0 Å². The fourth-order valence-corrected chi connectivity index (χ4v) is 2.57. The van der Waals surface area contributed by atoms with Crippen LogP contribution < -0.4 is 14.8 Å². The molecule has 1 atom stereocenters. The van der Waals surface area contributed by atoms with Gasteiger partial charge < -0.3 is 19.9 Å². The van der Waals surface area contributed by atoms with Crippen LogP contribution in [0.5, 0.6) is 11.5 Å². The second-order valence-electron chi connectivity index (χ2n) is 6.36. The van der Waals surface area contributed by atoms with E-state index in [4.69, 9.17) is 9.47 Å². The molecule has 0 fully saturated rings. The lowest BCUT2D eigenvalue weighted by atomic mass is 9.96. The number of para-hydroxylation sites is 1. The van der Waals surface area contributed by atoms with Crippen LogP contribution in [-0.4, -0.2) is 24.9 Å². The summed E-state index contributed by atoms with van der Waals surface area (Å²) < 4.78 is 11.3. The molecular formula is C20H27NO3. The van der Waals surface area contributed by atoms with Gasteiger partial charge in [-0.25, -0.2) is 0 Å². The van der Waals surface area contributed by atoms with Crippen molar-refractivity contribution in [3.05, 3.63) is 59.7 Å². The molecule has 0 saturated carbocycles. The summed E-state index contributed by atoms with van der Waals surface area (Å²) in [5.41, 5.74) is 0.966. The lowest BCUT2D eigenvalue weighted by Crippen LogP contribution is -2.35. The average Bonchev–Trinajstić information content (AvgIpc) is 2.56. The number of hydrogen-bond donors (Lipinski definition) is 2. The van der Waals surface area contributed by atoms with Crippen LogP contribution in [0.1, 0.15) is 31.9 Å². The van der Waals surface area contributed by atoms with E-state index in [1.807, 2.05) is 69.3 Å². The molecule has 0 aliphatic carbocycles. The van der Waals surface area contributed by atoms with Crippen LogP contribution in [0.15, 0.2) is 48.5 Å². The summed E-state index contributed by atoms with van der Waals surface area (Å²) in [4.78, 5) is 0. The summed E-state index contributed by atoms with van der Waals surface area (Å²) >= 11 is 0. The fourth-order valence-electron chi connectivity index (χ4n) is 2.57. The summed E-state index contributed by atoms with van der Waals surface area (Å²) in [5, 5.41) is 14.0. The summed E-state index contributed by atoms with van der Waals surface area (Å²) in [5.74, 6) is 1.47. The zero-order chi connectivity index (χ0) is 17.6. The summed E-state index contributed by atoms with van der Waals surface area (Å²) in [7, 11) is 1.64. The smallest absolute Gasteiger partial charge is 0.166 e. The van der Waals surface area contributed by atoms with E-state index in [0.717, 1.165) is 22.6 Å². The first-order chi connectivity index (χ1) is 11.4. The molecule has 0 heterocycles. The highest BCUT2D eigenvalue weighted by Crippen LogP contribution is 2.32. The molecule has 1 unspecified atom stereocenters. The average molecular weight is 329 g/mol. The van der Waals surface area contributed by atoms with E-state index in [1.54, 1.807) is 7.11 Å². The second-order valence-corrected chi connectivity index (χ2v) is 6.36. The Balaban J connectivity index is 2.06. The maximum absolute atomic E-state index is 10.7. The van der Waals surface area contributed by atoms with Gasteiger partial charge in [0.25, 0.3) is 0 Å². The van der Waals surface area contributed by atoms with E-state index in [0.29, 0.717) is 13.1 Å². The van der Waals surface area contributed by atoms with E-state index >= 15 is 0 Å². The monoisotopic (exact) mass is 329 g/mol. The Kier molecular flexibility index (Phi) is 6.23. The molecule has 0 radical (unpaired) electrons. The number of methoxy groups -OCH3 is 1. The van der Waals surface area contributed by atoms with Crippen molar-refractivity contribution in [2.24, 2.45) is 0 Å². The third-order valence-corrected chi connectivity index (χ3v) is 3.81. The minimum atomic E-state index is -0.931. The largest absolute Gasteiger partial charge is 0.493 e. The minimum Gasteiger partial charge on any atom is -0.493 e. The Labute approximate surface area is 144 Å². The van der Waals surface area contributed by atoms with Gasteiger partial charge in [0.15, 0.2) is 11.5 Å². The Hall–Kier alpha value is -2.04. The van der Waals surface area contributed by atoms with Crippen molar-refractivity contribution < 1.29 is 14.6 Å². The molecule has 130 valence electrons. The van der Waals surface area contributed by atoms with E-state index in [2.05, 4.69) is 5.32 Å². The predicted octanol–water partition coefficient (Wildman–Crippen LogP) is 3.48. The molecule has 0 amide bonds. The van der Waals surface area contributed by atoms with Crippen molar-refractivity contribution >= 4 is 0 Å². The Morgan fingerprint density at radius 1 is 1.08 bits per heavy atom. The van der Waals surface area contributed by atoms with Gasteiger partial charge in [-0.3, -0.25) is 0 Å². The number of hydrogen-bond acceptors (Lipinski definition) is 4. The van der Waals surface area contributed by atoms with Crippen molar-refractivity contribution in [2.45, 2.75) is 39.0 Å². The van der Waals surface area contributed by atoms with Gasteiger partial charge in [0.2, 0.25) is 0 Å². The van der Waals surface area contributed by atoms with Gasteiger partial charge in [0, 0.05) is 18.7 Å². The second kappa shape index (κ2) is 8.18. The van der Waals surface area contributed by atoms with Crippen LogP contribution >= 0.6 is 0 Å². The van der Waals surface area contributed by atoms with Crippen LogP contribution in [0.2, 0.25) is 0 Å². The van der Waals surface area contributed by atoms with Crippen LogP contribution in [0, 0.1) is 0 Å². The molecular weight excluding hydrogens is 302 g/mol. The van der Waals surface area contributed by atoms with Gasteiger partial charge in [0.1, 0.15) is 0 Å². The van der Waals surface area contributed by atoms with Gasteiger partial charge in [-0.1, -0.05) is 42.5 Å². The normalized spacial score (nSPS) is 13.6. The zero-order valence-corrected chi connectivity index (χ0v) is 14.9. The maximum Gasteiger partial charge on any atom is 0.166 e. The molecule has 24 heavy (non-hydrogen) atoms. The standard InChI is InChI=1S/C20H27NO3/c1-15(2)24-19-16(9-8-12-18(19)23-4)13-21-14-20(3,22)17-10-6-5-7-11-17/h5-12,15,21-22H,13-14H2,1-4H3. The molecule has 0 spiro atoms. The molecule has 0 saturated heterocycles. The van der Waals surface area contributed by atoms with Crippen molar-refractivity contribution in [1.82, 2.24) is 5.32 Å². The molecule has 2 N–H and O–H groups in total. The van der Waals surface area contributed by atoms with Gasteiger partial charge in [-0.05, 0) is 32.4 Å². The molecule has 2 aromatic carbocycles. The van der Waals surface area contributed by atoms with Crippen molar-refractivity contribution in [3.63, 3.8) is 0 Å². The molecule has 0 aliphatic heterocycles. The summed E-state index contributed by atoms with van der Waals surface area (Å²) in [6.07, 6.45) is 0.0625. The third-order valence-electron chi connectivity index (χ3n) is 3.81. The quantitative estimate of drug-likeness (QED) is 0.778. The zero-order valence-electron chi connectivity index (χ0n) is 14.9. The van der Waals surface area contributed by atoms with Crippen LogP contribution in [-0.2, 0) is 12.1 Å². The van der Waals surface area contributed by atoms with Gasteiger partial charge in [-0.2, -0.15) is 0 Å². The van der Waals surface area contributed by atoms with Crippen molar-refractivity contribution in [1.29, 1.82) is 0 Å². The SMILES string of the molecule is COc1cccc(CNCC(C)(O)c2ccccc2)c1OC(C)C. The van der Waals surface area contributed by atoms with Gasteiger partial charge in [0.05, 0.1) is 18.8 Å². The van der Waals surface area contributed by atoms with Crippen molar-refractivity contribution in [2.75, 3.05) is 13.7 Å². The Bertz CT molecular complexity index is 639.